The van der Waals surface area contributed by atoms with Crippen molar-refractivity contribution in [2.24, 2.45) is 4.99 Å². The number of benzene rings is 2. The summed E-state index contributed by atoms with van der Waals surface area (Å²) in [5.74, 6) is 2.79. The summed E-state index contributed by atoms with van der Waals surface area (Å²) < 4.78 is 6.10. The van der Waals surface area contributed by atoms with Crippen molar-refractivity contribution in [3.8, 4) is 11.5 Å². The molecule has 1 unspecified atom stereocenters. The van der Waals surface area contributed by atoms with Crippen molar-refractivity contribution in [1.29, 1.82) is 0 Å². The number of hydrogen-bond acceptors (Lipinski definition) is 4. The molecule has 1 saturated heterocycles. The van der Waals surface area contributed by atoms with Gasteiger partial charge in [-0.15, -0.1) is 11.8 Å². The van der Waals surface area contributed by atoms with Gasteiger partial charge in [-0.25, -0.2) is 0 Å². The quantitative estimate of drug-likeness (QED) is 0.619. The molecule has 5 heteroatoms. The third-order valence-electron chi connectivity index (χ3n) is 5.51. The SMILES string of the molecule is c1ccc(Oc2cccc3cc(C4=NC(CCN5CCCC5)CS4)[nH]c23)cc1. The van der Waals surface area contributed by atoms with Gasteiger partial charge < -0.3 is 14.6 Å². The summed E-state index contributed by atoms with van der Waals surface area (Å²) in [6.07, 6.45) is 3.88. The maximum absolute atomic E-state index is 6.10. The molecule has 2 aromatic carbocycles. The minimum atomic E-state index is 0.437. The summed E-state index contributed by atoms with van der Waals surface area (Å²) in [4.78, 5) is 11.1. The van der Waals surface area contributed by atoms with E-state index in [-0.39, 0.29) is 0 Å². The zero-order valence-electron chi connectivity index (χ0n) is 15.9. The molecule has 5 rings (SSSR count). The molecule has 0 bridgehead atoms. The van der Waals surface area contributed by atoms with Crippen molar-refractivity contribution in [3.63, 3.8) is 0 Å². The Kier molecular flexibility index (Phi) is 5.10. The summed E-state index contributed by atoms with van der Waals surface area (Å²) in [5.41, 5.74) is 2.14. The molecule has 1 N–H and O–H groups in total. The molecule has 4 nitrogen and oxygen atoms in total. The number of hydrogen-bond donors (Lipinski definition) is 1. The molecule has 0 radical (unpaired) electrons. The van der Waals surface area contributed by atoms with E-state index in [1.807, 2.05) is 54.2 Å². The van der Waals surface area contributed by atoms with Crippen LogP contribution in [0, 0.1) is 0 Å². The molecule has 0 saturated carbocycles. The molecule has 0 amide bonds. The van der Waals surface area contributed by atoms with Crippen molar-refractivity contribution in [1.82, 2.24) is 9.88 Å². The van der Waals surface area contributed by atoms with Gasteiger partial charge in [-0.05, 0) is 56.6 Å². The van der Waals surface area contributed by atoms with E-state index in [0.29, 0.717) is 6.04 Å². The number of aromatic nitrogens is 1. The van der Waals surface area contributed by atoms with Gasteiger partial charge in [0.05, 0.1) is 17.3 Å². The first-order valence-corrected chi connectivity index (χ1v) is 11.1. The number of aromatic amines is 1. The topological polar surface area (TPSA) is 40.6 Å². The minimum Gasteiger partial charge on any atom is -0.455 e. The molecule has 3 heterocycles. The Hall–Kier alpha value is -2.24. The Morgan fingerprint density at radius 3 is 2.79 bits per heavy atom. The van der Waals surface area contributed by atoms with E-state index in [1.54, 1.807) is 0 Å². The van der Waals surface area contributed by atoms with Crippen LogP contribution in [0.1, 0.15) is 25.0 Å². The zero-order chi connectivity index (χ0) is 18.8. The Morgan fingerprint density at radius 2 is 1.93 bits per heavy atom. The number of rotatable bonds is 6. The highest BCUT2D eigenvalue weighted by atomic mass is 32.2. The number of nitrogens with zero attached hydrogens (tertiary/aromatic N) is 2. The molecule has 144 valence electrons. The first-order chi connectivity index (χ1) is 13.8. The Morgan fingerprint density at radius 1 is 1.07 bits per heavy atom. The maximum Gasteiger partial charge on any atom is 0.151 e. The first-order valence-electron chi connectivity index (χ1n) is 10.1. The van der Waals surface area contributed by atoms with E-state index in [0.717, 1.165) is 38.9 Å². The van der Waals surface area contributed by atoms with Crippen molar-refractivity contribution in [3.05, 3.63) is 60.3 Å². The monoisotopic (exact) mass is 391 g/mol. The van der Waals surface area contributed by atoms with Crippen LogP contribution in [-0.4, -0.2) is 46.4 Å². The van der Waals surface area contributed by atoms with Crippen LogP contribution < -0.4 is 4.74 Å². The molecule has 28 heavy (non-hydrogen) atoms. The molecule has 2 aliphatic rings. The third kappa shape index (κ3) is 3.82. The lowest BCUT2D eigenvalue weighted by molar-refractivity contribution is 0.326. The average Bonchev–Trinajstić information content (AvgIpc) is 3.47. The highest BCUT2D eigenvalue weighted by Gasteiger charge is 2.22. The Labute approximate surface area is 170 Å². The van der Waals surface area contributed by atoms with E-state index in [2.05, 4.69) is 22.0 Å². The number of nitrogens with one attached hydrogen (secondary N) is 1. The van der Waals surface area contributed by atoms with Crippen LogP contribution in [0.15, 0.2) is 59.6 Å². The molecular formula is C23H25N3OS. The summed E-state index contributed by atoms with van der Waals surface area (Å²) in [6.45, 7) is 3.72. The molecule has 1 atom stereocenters. The summed E-state index contributed by atoms with van der Waals surface area (Å²) in [5, 5.41) is 2.29. The van der Waals surface area contributed by atoms with Crippen LogP contribution >= 0.6 is 11.8 Å². The van der Waals surface area contributed by atoms with Crippen LogP contribution in [0.4, 0.5) is 0 Å². The lowest BCUT2D eigenvalue weighted by Crippen LogP contribution is -2.23. The van der Waals surface area contributed by atoms with Gasteiger partial charge in [-0.2, -0.15) is 0 Å². The van der Waals surface area contributed by atoms with Crippen molar-refractivity contribution in [2.75, 3.05) is 25.4 Å². The predicted molar refractivity (Wildman–Crippen MR) is 118 cm³/mol. The lowest BCUT2D eigenvalue weighted by Gasteiger charge is -2.15. The molecule has 0 aliphatic carbocycles. The van der Waals surface area contributed by atoms with Crippen LogP contribution in [0.25, 0.3) is 10.9 Å². The van der Waals surface area contributed by atoms with E-state index in [4.69, 9.17) is 9.73 Å². The zero-order valence-corrected chi connectivity index (χ0v) is 16.8. The second kappa shape index (κ2) is 8.02. The van der Waals surface area contributed by atoms with Crippen molar-refractivity contribution in [2.45, 2.75) is 25.3 Å². The molecule has 2 aliphatic heterocycles. The fraction of sp³-hybridized carbons (Fsp3) is 0.348. The lowest BCUT2D eigenvalue weighted by atomic mass is 10.2. The summed E-state index contributed by atoms with van der Waals surface area (Å²) in [6, 6.07) is 18.7. The number of H-pyrrole nitrogens is 1. The molecule has 0 spiro atoms. The molecular weight excluding hydrogens is 366 g/mol. The van der Waals surface area contributed by atoms with E-state index < -0.39 is 0 Å². The fourth-order valence-electron chi connectivity index (χ4n) is 3.99. The Balaban J connectivity index is 1.33. The van der Waals surface area contributed by atoms with Gasteiger partial charge in [0, 0.05) is 17.7 Å². The van der Waals surface area contributed by atoms with E-state index >= 15 is 0 Å². The Bertz CT molecular complexity index is 976. The summed E-state index contributed by atoms with van der Waals surface area (Å²) >= 11 is 1.87. The first kappa shape index (κ1) is 17.8. The van der Waals surface area contributed by atoms with Crippen molar-refractivity contribution >= 4 is 27.7 Å². The van der Waals surface area contributed by atoms with Crippen molar-refractivity contribution < 1.29 is 4.74 Å². The van der Waals surface area contributed by atoms with Crippen LogP contribution in [-0.2, 0) is 0 Å². The van der Waals surface area contributed by atoms with E-state index in [9.17, 15) is 0 Å². The second-order valence-electron chi connectivity index (χ2n) is 7.56. The highest BCUT2D eigenvalue weighted by Crippen LogP contribution is 2.32. The normalized spacial score (nSPS) is 20.0. The van der Waals surface area contributed by atoms with Gasteiger partial charge >= 0.3 is 0 Å². The number of likely N-dealkylation sites (tertiary alicyclic amines) is 1. The largest absolute Gasteiger partial charge is 0.455 e. The third-order valence-corrected chi connectivity index (χ3v) is 6.66. The molecule has 1 aromatic heterocycles. The predicted octanol–water partition coefficient (Wildman–Crippen LogP) is 5.31. The van der Waals surface area contributed by atoms with Gasteiger partial charge in [0.2, 0.25) is 0 Å². The van der Waals surface area contributed by atoms with Gasteiger partial charge in [0.1, 0.15) is 10.8 Å². The number of aliphatic imine (C=N–C) groups is 1. The van der Waals surface area contributed by atoms with E-state index in [1.165, 1.54) is 38.9 Å². The van der Waals surface area contributed by atoms with Crippen LogP contribution in [0.3, 0.4) is 0 Å². The second-order valence-corrected chi connectivity index (χ2v) is 8.56. The average molecular weight is 392 g/mol. The van der Waals surface area contributed by atoms with Gasteiger partial charge in [-0.1, -0.05) is 30.3 Å². The molecule has 3 aromatic rings. The number of fused-ring (bicyclic) bond motifs is 1. The number of thioether (sulfide) groups is 1. The molecule has 1 fully saturated rings. The minimum absolute atomic E-state index is 0.437. The maximum atomic E-state index is 6.10. The summed E-state index contributed by atoms with van der Waals surface area (Å²) in [7, 11) is 0. The standard InChI is InChI=1S/C23H25N3OS/c1-2-8-19(9-3-1)27-21-10-6-7-17-15-20(25-22(17)21)23-24-18(16-28-23)11-14-26-12-4-5-13-26/h1-3,6-10,15,18,25H,4-5,11-14,16H2. The smallest absolute Gasteiger partial charge is 0.151 e. The van der Waals surface area contributed by atoms with Gasteiger partial charge in [-0.3, -0.25) is 4.99 Å². The van der Waals surface area contributed by atoms with Gasteiger partial charge in [0.15, 0.2) is 5.75 Å². The van der Waals surface area contributed by atoms with Gasteiger partial charge in [0.25, 0.3) is 0 Å². The van der Waals surface area contributed by atoms with Crippen LogP contribution in [0.2, 0.25) is 0 Å². The van der Waals surface area contributed by atoms with Crippen LogP contribution in [0.5, 0.6) is 11.5 Å². The number of ether oxygens (including phenoxy) is 1. The fourth-order valence-corrected chi connectivity index (χ4v) is 5.07. The number of para-hydroxylation sites is 2. The highest BCUT2D eigenvalue weighted by molar-refractivity contribution is 8.14.